The van der Waals surface area contributed by atoms with Crippen LogP contribution in [-0.2, 0) is 24.1 Å². The van der Waals surface area contributed by atoms with Gasteiger partial charge >= 0.3 is 0 Å². The lowest BCUT2D eigenvalue weighted by molar-refractivity contribution is -0.134. The van der Waals surface area contributed by atoms with Crippen LogP contribution in [0.1, 0.15) is 12.8 Å². The lowest BCUT2D eigenvalue weighted by Gasteiger charge is -2.28. The molecule has 24 heavy (non-hydrogen) atoms. The first-order chi connectivity index (χ1) is 11.2. The van der Waals surface area contributed by atoms with Gasteiger partial charge < -0.3 is 24.4 Å². The molecular formula is C15H26N2O6S. The highest BCUT2D eigenvalue weighted by Crippen LogP contribution is 2.35. The van der Waals surface area contributed by atoms with Crippen molar-refractivity contribution in [3.63, 3.8) is 0 Å². The number of hydrogen-bond acceptors (Lipinski definition) is 7. The largest absolute Gasteiger partial charge is 0.388 e. The third-order valence-electron chi connectivity index (χ3n) is 4.92. The summed E-state index contributed by atoms with van der Waals surface area (Å²) in [5.41, 5.74) is 0. The Morgan fingerprint density at radius 3 is 2.50 bits per heavy atom. The molecule has 138 valence electrons. The minimum Gasteiger partial charge on any atom is -0.388 e. The van der Waals surface area contributed by atoms with Crippen molar-refractivity contribution in [3.8, 4) is 0 Å². The van der Waals surface area contributed by atoms with Crippen molar-refractivity contribution >= 4 is 15.7 Å². The molecule has 0 bridgehead atoms. The van der Waals surface area contributed by atoms with Crippen LogP contribution in [-0.4, -0.2) is 105 Å². The van der Waals surface area contributed by atoms with Gasteiger partial charge in [-0.15, -0.1) is 0 Å². The summed E-state index contributed by atoms with van der Waals surface area (Å²) in [5, 5.41) is 10.3. The van der Waals surface area contributed by atoms with Crippen LogP contribution in [0.5, 0.6) is 0 Å². The molecule has 1 N–H and O–H groups in total. The number of amides is 1. The lowest BCUT2D eigenvalue weighted by Crippen LogP contribution is -2.44. The van der Waals surface area contributed by atoms with Gasteiger partial charge in [0.1, 0.15) is 12.2 Å². The van der Waals surface area contributed by atoms with Crippen LogP contribution in [0.15, 0.2) is 0 Å². The number of nitrogens with zero attached hydrogens (tertiary/aromatic N) is 2. The molecule has 8 nitrogen and oxygen atoms in total. The Morgan fingerprint density at radius 1 is 1.25 bits per heavy atom. The number of rotatable bonds is 4. The quantitative estimate of drug-likeness (QED) is 0.649. The van der Waals surface area contributed by atoms with Crippen LogP contribution < -0.4 is 0 Å². The highest BCUT2D eigenvalue weighted by Gasteiger charge is 2.50. The topological polar surface area (TPSA) is 96.4 Å². The highest BCUT2D eigenvalue weighted by molar-refractivity contribution is 7.91. The second kappa shape index (κ2) is 6.87. The normalized spacial score (nSPS) is 38.5. The average molecular weight is 362 g/mol. The molecule has 0 spiro atoms. The van der Waals surface area contributed by atoms with Crippen molar-refractivity contribution in [1.29, 1.82) is 0 Å². The van der Waals surface area contributed by atoms with Gasteiger partial charge in [-0.25, -0.2) is 8.42 Å². The van der Waals surface area contributed by atoms with Gasteiger partial charge in [0, 0.05) is 26.1 Å². The van der Waals surface area contributed by atoms with Crippen LogP contribution in [0.3, 0.4) is 0 Å². The van der Waals surface area contributed by atoms with Gasteiger partial charge in [-0.3, -0.25) is 4.79 Å². The number of sulfone groups is 1. The molecule has 0 aliphatic carbocycles. The van der Waals surface area contributed by atoms with Crippen LogP contribution in [0.25, 0.3) is 0 Å². The number of fused-ring (bicyclic) bond motifs is 1. The highest BCUT2D eigenvalue weighted by atomic mass is 32.2. The van der Waals surface area contributed by atoms with Crippen molar-refractivity contribution in [3.05, 3.63) is 0 Å². The molecule has 9 heteroatoms. The van der Waals surface area contributed by atoms with E-state index < -0.39 is 15.9 Å². The standard InChI is InChI=1S/C15H26N2O6S/c1-16(2)9-12-14(19)15-11(23-12)7-10(22-15)8-13(18)17-3-5-24(20,21)6-4-17/h10-12,14-15,19H,3-9H2,1-2H3. The van der Waals surface area contributed by atoms with E-state index in [0.717, 1.165) is 0 Å². The van der Waals surface area contributed by atoms with Crippen molar-refractivity contribution < 1.29 is 27.8 Å². The molecule has 0 radical (unpaired) electrons. The zero-order chi connectivity index (χ0) is 17.5. The monoisotopic (exact) mass is 362 g/mol. The molecule has 3 aliphatic rings. The Morgan fingerprint density at radius 2 is 1.92 bits per heavy atom. The molecule has 3 aliphatic heterocycles. The van der Waals surface area contributed by atoms with Gasteiger partial charge in [-0.2, -0.15) is 0 Å². The number of carbonyl (C=O) groups is 1. The van der Waals surface area contributed by atoms with Crippen molar-refractivity contribution in [2.45, 2.75) is 43.4 Å². The Bertz CT molecular complexity index is 567. The molecule has 0 aromatic carbocycles. The van der Waals surface area contributed by atoms with E-state index in [2.05, 4.69) is 0 Å². The summed E-state index contributed by atoms with van der Waals surface area (Å²) in [4.78, 5) is 15.9. The number of aliphatic hydroxyl groups excluding tert-OH is 1. The second-order valence-corrected chi connectivity index (χ2v) is 9.46. The van der Waals surface area contributed by atoms with E-state index >= 15 is 0 Å². The average Bonchev–Trinajstić information content (AvgIpc) is 2.98. The van der Waals surface area contributed by atoms with Gasteiger partial charge in [-0.1, -0.05) is 0 Å². The van der Waals surface area contributed by atoms with E-state index in [-0.39, 0.29) is 61.3 Å². The van der Waals surface area contributed by atoms with E-state index in [1.165, 1.54) is 0 Å². The fourth-order valence-corrected chi connectivity index (χ4v) is 4.84. The van der Waals surface area contributed by atoms with E-state index in [0.29, 0.717) is 13.0 Å². The van der Waals surface area contributed by atoms with E-state index in [4.69, 9.17) is 9.47 Å². The van der Waals surface area contributed by atoms with Crippen LogP contribution in [0.2, 0.25) is 0 Å². The zero-order valence-electron chi connectivity index (χ0n) is 14.1. The fraction of sp³-hybridized carbons (Fsp3) is 0.933. The summed E-state index contributed by atoms with van der Waals surface area (Å²) in [5.74, 6) is -0.0261. The van der Waals surface area contributed by atoms with Crippen LogP contribution in [0.4, 0.5) is 0 Å². The van der Waals surface area contributed by atoms with E-state index in [9.17, 15) is 18.3 Å². The van der Waals surface area contributed by atoms with Crippen molar-refractivity contribution in [1.82, 2.24) is 9.80 Å². The number of likely N-dealkylation sites (N-methyl/N-ethyl adjacent to an activating group) is 1. The molecule has 5 unspecified atom stereocenters. The minimum atomic E-state index is -2.99. The first-order valence-corrected chi connectivity index (χ1v) is 10.2. The van der Waals surface area contributed by atoms with Crippen molar-refractivity contribution in [2.24, 2.45) is 0 Å². The maximum Gasteiger partial charge on any atom is 0.225 e. The minimum absolute atomic E-state index is 0.0313. The molecule has 5 atom stereocenters. The maximum atomic E-state index is 12.3. The Labute approximate surface area is 142 Å². The van der Waals surface area contributed by atoms with Crippen molar-refractivity contribution in [2.75, 3.05) is 45.2 Å². The predicted octanol–water partition coefficient (Wildman–Crippen LogP) is -1.52. The molecule has 3 saturated heterocycles. The number of carbonyl (C=O) groups excluding carboxylic acids is 1. The smallest absolute Gasteiger partial charge is 0.225 e. The second-order valence-electron chi connectivity index (χ2n) is 7.16. The first-order valence-electron chi connectivity index (χ1n) is 8.37. The molecule has 3 rings (SSSR count). The summed E-state index contributed by atoms with van der Waals surface area (Å²) >= 11 is 0. The van der Waals surface area contributed by atoms with Crippen LogP contribution in [0, 0.1) is 0 Å². The van der Waals surface area contributed by atoms with Gasteiger partial charge in [0.25, 0.3) is 0 Å². The first kappa shape index (κ1) is 18.1. The van der Waals surface area contributed by atoms with Gasteiger partial charge in [0.05, 0.1) is 36.2 Å². The molecule has 1 amide bonds. The summed E-state index contributed by atoms with van der Waals surface area (Å²) < 4.78 is 34.6. The Balaban J connectivity index is 1.49. The summed E-state index contributed by atoms with van der Waals surface area (Å²) in [6, 6.07) is 0. The van der Waals surface area contributed by atoms with Gasteiger partial charge in [0.2, 0.25) is 5.91 Å². The van der Waals surface area contributed by atoms with E-state index in [1.807, 2.05) is 19.0 Å². The number of ether oxygens (including phenoxy) is 2. The third kappa shape index (κ3) is 3.91. The van der Waals surface area contributed by atoms with Crippen LogP contribution >= 0.6 is 0 Å². The maximum absolute atomic E-state index is 12.3. The molecule has 0 aromatic rings. The molecule has 0 saturated carbocycles. The fourth-order valence-electron chi connectivity index (χ4n) is 3.64. The van der Waals surface area contributed by atoms with Gasteiger partial charge in [-0.05, 0) is 14.1 Å². The third-order valence-corrected chi connectivity index (χ3v) is 6.53. The van der Waals surface area contributed by atoms with Gasteiger partial charge in [0.15, 0.2) is 9.84 Å². The number of hydrogen-bond donors (Lipinski definition) is 1. The summed E-state index contributed by atoms with van der Waals surface area (Å²) in [7, 11) is 0.849. The summed E-state index contributed by atoms with van der Waals surface area (Å²) in [6.07, 6.45) is -0.984. The SMILES string of the molecule is CN(C)CC1OC2CC(CC(=O)N3CCS(=O)(=O)CC3)OC2C1O. The molecule has 0 aromatic heterocycles. The Hall–Kier alpha value is -0.740. The molecular weight excluding hydrogens is 336 g/mol. The summed E-state index contributed by atoms with van der Waals surface area (Å²) in [6.45, 7) is 1.14. The molecule has 3 fully saturated rings. The number of aliphatic hydroxyl groups is 1. The van der Waals surface area contributed by atoms with E-state index in [1.54, 1.807) is 4.90 Å². The molecule has 3 heterocycles. The zero-order valence-corrected chi connectivity index (χ0v) is 14.9. The predicted molar refractivity (Wildman–Crippen MR) is 86.4 cm³/mol. The Kier molecular flexibility index (Phi) is 5.17. The lowest BCUT2D eigenvalue weighted by atomic mass is 10.1.